The highest BCUT2D eigenvalue weighted by Crippen LogP contribution is 2.27. The largest absolute Gasteiger partial charge is 0.350 e. The molecule has 4 amide bonds. The number of anilines is 1. The minimum absolute atomic E-state index is 0.242. The first kappa shape index (κ1) is 16.8. The summed E-state index contributed by atoms with van der Waals surface area (Å²) in [6.07, 6.45) is 1.79. The molecule has 4 rings (SSSR count). The Morgan fingerprint density at radius 3 is 2.63 bits per heavy atom. The summed E-state index contributed by atoms with van der Waals surface area (Å²) in [5, 5.41) is 8.59. The number of rotatable bonds is 3. The topological polar surface area (TPSA) is 92.2 Å². The Kier molecular flexibility index (Phi) is 3.73. The van der Waals surface area contributed by atoms with E-state index in [2.05, 4.69) is 16.0 Å². The molecule has 27 heavy (non-hydrogen) atoms. The van der Waals surface area contributed by atoms with Crippen molar-refractivity contribution in [3.63, 3.8) is 0 Å². The molecule has 1 fully saturated rings. The molecular formula is C20H18N4O3. The standard InChI is InChI=1S/C20H18N4O3/c1-20(18(26)22-19(27)23-20)12-6-5-7-13(10-12)21-17(25)15-11-24(2)16-9-4-3-8-14(15)16/h3-11H,1-2H3,(H,21,25)(H2,22,23,26,27)/t20-/m0/s1. The van der Waals surface area contributed by atoms with Crippen LogP contribution in [0.15, 0.2) is 54.7 Å². The molecule has 1 aliphatic rings. The number of nitrogens with zero attached hydrogens (tertiary/aromatic N) is 1. The molecule has 2 aromatic carbocycles. The zero-order valence-electron chi connectivity index (χ0n) is 14.9. The summed E-state index contributed by atoms with van der Waals surface area (Å²) in [5.41, 5.74) is 1.49. The Labute approximate surface area is 155 Å². The Balaban J connectivity index is 1.64. The number of urea groups is 1. The Morgan fingerprint density at radius 2 is 1.89 bits per heavy atom. The van der Waals surface area contributed by atoms with Gasteiger partial charge in [-0.25, -0.2) is 4.79 Å². The van der Waals surface area contributed by atoms with Crippen molar-refractivity contribution in [2.24, 2.45) is 7.05 Å². The van der Waals surface area contributed by atoms with Crippen LogP contribution in [0.4, 0.5) is 10.5 Å². The van der Waals surface area contributed by atoms with E-state index in [1.54, 1.807) is 37.4 Å². The molecule has 1 aromatic heterocycles. The van der Waals surface area contributed by atoms with Crippen molar-refractivity contribution >= 4 is 34.4 Å². The number of carbonyl (C=O) groups excluding carboxylic acids is 3. The number of nitrogens with one attached hydrogen (secondary N) is 3. The first-order valence-corrected chi connectivity index (χ1v) is 8.48. The maximum Gasteiger partial charge on any atom is 0.322 e. The van der Waals surface area contributed by atoms with Gasteiger partial charge in [0.05, 0.1) is 5.56 Å². The third kappa shape index (κ3) is 2.73. The van der Waals surface area contributed by atoms with E-state index in [-0.39, 0.29) is 5.91 Å². The molecule has 0 bridgehead atoms. The van der Waals surface area contributed by atoms with Crippen molar-refractivity contribution in [3.8, 4) is 0 Å². The first-order valence-electron chi connectivity index (χ1n) is 8.48. The first-order chi connectivity index (χ1) is 12.9. The van der Waals surface area contributed by atoms with Crippen LogP contribution in [-0.4, -0.2) is 22.4 Å². The van der Waals surface area contributed by atoms with Gasteiger partial charge >= 0.3 is 6.03 Å². The van der Waals surface area contributed by atoms with E-state index in [4.69, 9.17) is 0 Å². The van der Waals surface area contributed by atoms with Gasteiger partial charge in [-0.3, -0.25) is 14.9 Å². The number of imide groups is 1. The molecule has 1 aliphatic heterocycles. The van der Waals surface area contributed by atoms with Crippen molar-refractivity contribution in [2.45, 2.75) is 12.5 Å². The zero-order chi connectivity index (χ0) is 19.2. The molecule has 7 nitrogen and oxygen atoms in total. The molecule has 0 aliphatic carbocycles. The predicted molar refractivity (Wildman–Crippen MR) is 101 cm³/mol. The average molecular weight is 362 g/mol. The lowest BCUT2D eigenvalue weighted by atomic mass is 9.92. The number of amides is 4. The van der Waals surface area contributed by atoms with Crippen molar-refractivity contribution in [1.29, 1.82) is 0 Å². The maximum absolute atomic E-state index is 12.8. The van der Waals surface area contributed by atoms with Gasteiger partial charge in [-0.15, -0.1) is 0 Å². The van der Waals surface area contributed by atoms with Crippen LogP contribution >= 0.6 is 0 Å². The molecule has 3 N–H and O–H groups in total. The van der Waals surface area contributed by atoms with Crippen molar-refractivity contribution in [3.05, 3.63) is 65.9 Å². The second-order valence-corrected chi connectivity index (χ2v) is 6.74. The number of para-hydroxylation sites is 1. The van der Waals surface area contributed by atoms with Gasteiger partial charge in [-0.1, -0.05) is 30.3 Å². The molecule has 1 saturated heterocycles. The Hall–Kier alpha value is -3.61. The smallest absolute Gasteiger partial charge is 0.322 e. The van der Waals surface area contributed by atoms with Crippen LogP contribution in [-0.2, 0) is 17.4 Å². The van der Waals surface area contributed by atoms with E-state index in [0.717, 1.165) is 10.9 Å². The number of hydrogen-bond donors (Lipinski definition) is 3. The number of benzene rings is 2. The fraction of sp³-hybridized carbons (Fsp3) is 0.150. The van der Waals surface area contributed by atoms with Gasteiger partial charge in [-0.05, 0) is 30.7 Å². The van der Waals surface area contributed by atoms with Crippen LogP contribution in [0.3, 0.4) is 0 Å². The van der Waals surface area contributed by atoms with E-state index in [9.17, 15) is 14.4 Å². The number of fused-ring (bicyclic) bond motifs is 1. The molecule has 0 spiro atoms. The van der Waals surface area contributed by atoms with Gasteiger partial charge in [0.15, 0.2) is 0 Å². The van der Waals surface area contributed by atoms with Crippen molar-refractivity contribution in [2.75, 3.05) is 5.32 Å². The third-order valence-electron chi connectivity index (χ3n) is 4.88. The minimum Gasteiger partial charge on any atom is -0.350 e. The average Bonchev–Trinajstić information content (AvgIpc) is 3.12. The summed E-state index contributed by atoms with van der Waals surface area (Å²) in [4.78, 5) is 36.4. The number of carbonyl (C=O) groups is 3. The van der Waals surface area contributed by atoms with Crippen LogP contribution in [0, 0.1) is 0 Å². The molecule has 136 valence electrons. The lowest BCUT2D eigenvalue weighted by Gasteiger charge is -2.21. The third-order valence-corrected chi connectivity index (χ3v) is 4.88. The fourth-order valence-corrected chi connectivity index (χ4v) is 3.38. The summed E-state index contributed by atoms with van der Waals surface area (Å²) >= 11 is 0. The van der Waals surface area contributed by atoms with Gasteiger partial charge in [-0.2, -0.15) is 0 Å². The van der Waals surface area contributed by atoms with E-state index >= 15 is 0 Å². The monoisotopic (exact) mass is 362 g/mol. The highest BCUT2D eigenvalue weighted by atomic mass is 16.2. The van der Waals surface area contributed by atoms with Gasteiger partial charge in [0.2, 0.25) is 0 Å². The van der Waals surface area contributed by atoms with Crippen LogP contribution in [0.1, 0.15) is 22.8 Å². The molecule has 2 heterocycles. The Morgan fingerprint density at radius 1 is 1.11 bits per heavy atom. The molecule has 1 atom stereocenters. The molecule has 0 saturated carbocycles. The summed E-state index contributed by atoms with van der Waals surface area (Å²) in [6, 6.07) is 14.0. The van der Waals surface area contributed by atoms with E-state index in [0.29, 0.717) is 16.8 Å². The maximum atomic E-state index is 12.8. The quantitative estimate of drug-likeness (QED) is 0.625. The van der Waals surface area contributed by atoms with Crippen LogP contribution < -0.4 is 16.0 Å². The summed E-state index contributed by atoms with van der Waals surface area (Å²) in [5.74, 6) is -0.668. The van der Waals surface area contributed by atoms with Gasteiger partial charge in [0.1, 0.15) is 5.54 Å². The zero-order valence-corrected chi connectivity index (χ0v) is 14.9. The van der Waals surface area contributed by atoms with E-state index < -0.39 is 17.5 Å². The number of aromatic nitrogens is 1. The second-order valence-electron chi connectivity index (χ2n) is 6.74. The minimum atomic E-state index is -1.17. The fourth-order valence-electron chi connectivity index (χ4n) is 3.38. The van der Waals surface area contributed by atoms with Gasteiger partial charge in [0.25, 0.3) is 11.8 Å². The van der Waals surface area contributed by atoms with E-state index in [1.807, 2.05) is 35.9 Å². The van der Waals surface area contributed by atoms with Crippen LogP contribution in [0.25, 0.3) is 10.9 Å². The van der Waals surface area contributed by atoms with Crippen LogP contribution in [0.2, 0.25) is 0 Å². The number of aryl methyl sites for hydroxylation is 1. The molecule has 7 heteroatoms. The number of hydrogen-bond acceptors (Lipinski definition) is 3. The summed E-state index contributed by atoms with van der Waals surface area (Å²) in [7, 11) is 1.89. The lowest BCUT2D eigenvalue weighted by molar-refractivity contribution is -0.123. The van der Waals surface area contributed by atoms with Gasteiger partial charge < -0.3 is 15.2 Å². The van der Waals surface area contributed by atoms with Gasteiger partial charge in [0, 0.05) is 29.8 Å². The van der Waals surface area contributed by atoms with Crippen molar-refractivity contribution < 1.29 is 14.4 Å². The van der Waals surface area contributed by atoms with Crippen molar-refractivity contribution in [1.82, 2.24) is 15.2 Å². The molecule has 0 unspecified atom stereocenters. The Bertz CT molecular complexity index is 1100. The normalized spacial score (nSPS) is 19.0. The van der Waals surface area contributed by atoms with E-state index in [1.165, 1.54) is 0 Å². The summed E-state index contributed by atoms with van der Waals surface area (Å²) in [6.45, 7) is 1.62. The predicted octanol–water partition coefficient (Wildman–Crippen LogP) is 2.49. The molecule has 0 radical (unpaired) electrons. The lowest BCUT2D eigenvalue weighted by Crippen LogP contribution is -2.40. The molecular weight excluding hydrogens is 344 g/mol. The highest BCUT2D eigenvalue weighted by Gasteiger charge is 2.43. The second kappa shape index (κ2) is 5.98. The molecule has 3 aromatic rings. The highest BCUT2D eigenvalue weighted by molar-refractivity contribution is 6.13. The summed E-state index contributed by atoms with van der Waals surface area (Å²) < 4.78 is 1.90. The van der Waals surface area contributed by atoms with Crippen LogP contribution in [0.5, 0.6) is 0 Å². The SMILES string of the molecule is Cn1cc(C(=O)Nc2cccc([C@]3(C)NC(=O)NC3=O)c2)c2ccccc21.